The summed E-state index contributed by atoms with van der Waals surface area (Å²) in [5.41, 5.74) is 0. The summed E-state index contributed by atoms with van der Waals surface area (Å²) in [6.07, 6.45) is 3.48. The third kappa shape index (κ3) is 2.12. The van der Waals surface area contributed by atoms with Crippen molar-refractivity contribution in [3.8, 4) is 0 Å². The molecule has 2 fully saturated rings. The Hall–Kier alpha value is -1.10. The third-order valence-electron chi connectivity index (χ3n) is 3.44. The SMILES string of the molecule is O=C(O)CNC(=O)C1NCC2CCCC21. The Morgan fingerprint density at radius 3 is 2.93 bits per heavy atom. The molecule has 5 heteroatoms. The number of rotatable bonds is 3. The molecule has 0 aromatic carbocycles. The molecule has 0 aromatic rings. The van der Waals surface area contributed by atoms with Crippen LogP contribution in [-0.2, 0) is 9.59 Å². The maximum atomic E-state index is 11.7. The van der Waals surface area contributed by atoms with Crippen LogP contribution < -0.4 is 10.6 Å². The summed E-state index contributed by atoms with van der Waals surface area (Å²) in [4.78, 5) is 22.0. The van der Waals surface area contributed by atoms with E-state index in [0.29, 0.717) is 11.8 Å². The van der Waals surface area contributed by atoms with Gasteiger partial charge in [0.25, 0.3) is 0 Å². The van der Waals surface area contributed by atoms with Gasteiger partial charge in [-0.2, -0.15) is 0 Å². The van der Waals surface area contributed by atoms with Crippen molar-refractivity contribution in [3.05, 3.63) is 0 Å². The number of nitrogens with one attached hydrogen (secondary N) is 2. The summed E-state index contributed by atoms with van der Waals surface area (Å²) in [6.45, 7) is 0.615. The molecule has 2 rings (SSSR count). The smallest absolute Gasteiger partial charge is 0.322 e. The van der Waals surface area contributed by atoms with E-state index in [1.165, 1.54) is 12.8 Å². The van der Waals surface area contributed by atoms with Crippen LogP contribution in [0.1, 0.15) is 19.3 Å². The second kappa shape index (κ2) is 4.18. The van der Waals surface area contributed by atoms with Gasteiger partial charge in [-0.1, -0.05) is 6.42 Å². The first kappa shape index (κ1) is 10.4. The van der Waals surface area contributed by atoms with Crippen molar-refractivity contribution < 1.29 is 14.7 Å². The van der Waals surface area contributed by atoms with E-state index in [0.717, 1.165) is 13.0 Å². The van der Waals surface area contributed by atoms with Gasteiger partial charge in [0.1, 0.15) is 6.54 Å². The molecule has 1 saturated heterocycles. The number of carbonyl (C=O) groups is 2. The Bertz CT molecular complexity index is 280. The van der Waals surface area contributed by atoms with E-state index < -0.39 is 5.97 Å². The molecule has 3 unspecified atom stereocenters. The monoisotopic (exact) mass is 212 g/mol. The average molecular weight is 212 g/mol. The summed E-state index contributed by atoms with van der Waals surface area (Å²) in [5, 5.41) is 14.1. The van der Waals surface area contributed by atoms with Crippen molar-refractivity contribution in [3.63, 3.8) is 0 Å². The van der Waals surface area contributed by atoms with E-state index in [-0.39, 0.29) is 18.5 Å². The molecule has 84 valence electrons. The summed E-state index contributed by atoms with van der Waals surface area (Å²) in [5.74, 6) is -0.125. The Kier molecular flexibility index (Phi) is 2.90. The van der Waals surface area contributed by atoms with Crippen molar-refractivity contribution in [1.29, 1.82) is 0 Å². The zero-order valence-electron chi connectivity index (χ0n) is 8.53. The summed E-state index contributed by atoms with van der Waals surface area (Å²) >= 11 is 0. The molecular weight excluding hydrogens is 196 g/mol. The Labute approximate surface area is 88.2 Å². The molecule has 1 saturated carbocycles. The number of carboxylic acids is 1. The molecule has 2 aliphatic rings. The molecular formula is C10H16N2O3. The molecule has 1 amide bonds. The van der Waals surface area contributed by atoms with Crippen LogP contribution in [0, 0.1) is 11.8 Å². The molecule has 1 aliphatic heterocycles. The average Bonchev–Trinajstić information content (AvgIpc) is 2.74. The minimum Gasteiger partial charge on any atom is -0.480 e. The molecule has 0 radical (unpaired) electrons. The highest BCUT2D eigenvalue weighted by Crippen LogP contribution is 2.37. The van der Waals surface area contributed by atoms with Crippen LogP contribution in [0.2, 0.25) is 0 Å². The van der Waals surface area contributed by atoms with Gasteiger partial charge in [-0.3, -0.25) is 9.59 Å². The molecule has 1 heterocycles. The van der Waals surface area contributed by atoms with Gasteiger partial charge < -0.3 is 15.7 Å². The molecule has 0 aromatic heterocycles. The van der Waals surface area contributed by atoms with Crippen LogP contribution in [0.4, 0.5) is 0 Å². The largest absolute Gasteiger partial charge is 0.480 e. The van der Waals surface area contributed by atoms with Gasteiger partial charge in [-0.25, -0.2) is 0 Å². The zero-order valence-corrected chi connectivity index (χ0v) is 8.53. The highest BCUT2D eigenvalue weighted by Gasteiger charge is 2.42. The van der Waals surface area contributed by atoms with Gasteiger partial charge in [0.2, 0.25) is 5.91 Å². The zero-order chi connectivity index (χ0) is 10.8. The second-order valence-electron chi connectivity index (χ2n) is 4.35. The number of carboxylic acid groups (broad SMARTS) is 1. The van der Waals surface area contributed by atoms with Crippen LogP contribution >= 0.6 is 0 Å². The van der Waals surface area contributed by atoms with E-state index in [1.54, 1.807) is 0 Å². The molecule has 0 bridgehead atoms. The summed E-state index contributed by atoms with van der Waals surface area (Å²) in [7, 11) is 0. The summed E-state index contributed by atoms with van der Waals surface area (Å²) in [6, 6.07) is -0.170. The third-order valence-corrected chi connectivity index (χ3v) is 3.44. The fourth-order valence-corrected chi connectivity index (χ4v) is 2.75. The molecule has 0 spiro atoms. The van der Waals surface area contributed by atoms with Crippen molar-refractivity contribution in [1.82, 2.24) is 10.6 Å². The van der Waals surface area contributed by atoms with Crippen LogP contribution in [-0.4, -0.2) is 36.1 Å². The highest BCUT2D eigenvalue weighted by molar-refractivity contribution is 5.85. The molecule has 1 aliphatic carbocycles. The standard InChI is InChI=1S/C10H16N2O3/c13-8(14)5-12-10(15)9-7-3-1-2-6(7)4-11-9/h6-7,9,11H,1-5H2,(H,12,15)(H,13,14). The normalized spacial score (nSPS) is 33.7. The van der Waals surface area contributed by atoms with Crippen LogP contribution in [0.25, 0.3) is 0 Å². The van der Waals surface area contributed by atoms with Crippen LogP contribution in [0.3, 0.4) is 0 Å². The predicted octanol–water partition coefficient (Wildman–Crippen LogP) is -0.425. The first-order valence-electron chi connectivity index (χ1n) is 5.41. The quantitative estimate of drug-likeness (QED) is 0.593. The Morgan fingerprint density at radius 2 is 2.20 bits per heavy atom. The number of carbonyl (C=O) groups excluding carboxylic acids is 1. The number of hydrogen-bond donors (Lipinski definition) is 3. The molecule has 3 atom stereocenters. The topological polar surface area (TPSA) is 78.4 Å². The number of fused-ring (bicyclic) bond motifs is 1. The molecule has 3 N–H and O–H groups in total. The van der Waals surface area contributed by atoms with Gasteiger partial charge >= 0.3 is 5.97 Å². The van der Waals surface area contributed by atoms with Gasteiger partial charge in [0, 0.05) is 0 Å². The molecule has 5 nitrogen and oxygen atoms in total. The predicted molar refractivity (Wildman–Crippen MR) is 53.3 cm³/mol. The lowest BCUT2D eigenvalue weighted by Gasteiger charge is -2.16. The van der Waals surface area contributed by atoms with E-state index in [1.807, 2.05) is 0 Å². The first-order chi connectivity index (χ1) is 7.18. The minimum absolute atomic E-state index is 0.160. The van der Waals surface area contributed by atoms with Crippen molar-refractivity contribution in [2.24, 2.45) is 11.8 Å². The van der Waals surface area contributed by atoms with Gasteiger partial charge in [-0.15, -0.1) is 0 Å². The Balaban J connectivity index is 1.87. The van der Waals surface area contributed by atoms with Gasteiger partial charge in [-0.05, 0) is 31.2 Å². The van der Waals surface area contributed by atoms with Crippen LogP contribution in [0.5, 0.6) is 0 Å². The lowest BCUT2D eigenvalue weighted by molar-refractivity contribution is -0.138. The van der Waals surface area contributed by atoms with Gasteiger partial charge in [0.15, 0.2) is 0 Å². The second-order valence-corrected chi connectivity index (χ2v) is 4.35. The number of aliphatic carboxylic acids is 1. The maximum absolute atomic E-state index is 11.7. The van der Waals surface area contributed by atoms with Crippen molar-refractivity contribution in [2.75, 3.05) is 13.1 Å². The van der Waals surface area contributed by atoms with E-state index in [2.05, 4.69) is 10.6 Å². The van der Waals surface area contributed by atoms with Crippen LogP contribution in [0.15, 0.2) is 0 Å². The van der Waals surface area contributed by atoms with E-state index >= 15 is 0 Å². The minimum atomic E-state index is -0.996. The Morgan fingerprint density at radius 1 is 1.40 bits per heavy atom. The fourth-order valence-electron chi connectivity index (χ4n) is 2.75. The van der Waals surface area contributed by atoms with E-state index in [9.17, 15) is 9.59 Å². The lowest BCUT2D eigenvalue weighted by Crippen LogP contribution is -2.45. The van der Waals surface area contributed by atoms with E-state index in [4.69, 9.17) is 5.11 Å². The van der Waals surface area contributed by atoms with Crippen molar-refractivity contribution in [2.45, 2.75) is 25.3 Å². The lowest BCUT2D eigenvalue weighted by atomic mass is 9.94. The number of hydrogen-bond acceptors (Lipinski definition) is 3. The first-order valence-corrected chi connectivity index (χ1v) is 5.41. The number of amides is 1. The molecule has 15 heavy (non-hydrogen) atoms. The fraction of sp³-hybridized carbons (Fsp3) is 0.800. The summed E-state index contributed by atoms with van der Waals surface area (Å²) < 4.78 is 0. The van der Waals surface area contributed by atoms with Crippen molar-refractivity contribution >= 4 is 11.9 Å². The van der Waals surface area contributed by atoms with Gasteiger partial charge in [0.05, 0.1) is 6.04 Å². The highest BCUT2D eigenvalue weighted by atomic mass is 16.4. The maximum Gasteiger partial charge on any atom is 0.322 e.